The Hall–Kier alpha value is -3.24. The summed E-state index contributed by atoms with van der Waals surface area (Å²) in [7, 11) is 1.62. The molecule has 4 rings (SSSR count). The third kappa shape index (κ3) is 3.47. The molecule has 2 amide bonds. The number of carbonyl (C=O) groups is 2. The van der Waals surface area contributed by atoms with Crippen LogP contribution in [0.1, 0.15) is 6.42 Å². The lowest BCUT2D eigenvalue weighted by atomic mass is 9.85. The summed E-state index contributed by atoms with van der Waals surface area (Å²) in [6.07, 6.45) is 7.65. The lowest BCUT2D eigenvalue weighted by Gasteiger charge is -2.18. The normalized spacial score (nSPS) is 27.6. The van der Waals surface area contributed by atoms with Crippen LogP contribution in [-0.2, 0) is 16.1 Å². The van der Waals surface area contributed by atoms with E-state index in [1.54, 1.807) is 7.05 Å². The lowest BCUT2D eigenvalue weighted by Crippen LogP contribution is -2.44. The minimum absolute atomic E-state index is 0.0538. The molecule has 11 nitrogen and oxygen atoms in total. The molecule has 154 valence electrons. The van der Waals surface area contributed by atoms with E-state index in [0.29, 0.717) is 32.1 Å². The van der Waals surface area contributed by atoms with Gasteiger partial charge in [-0.15, -0.1) is 0 Å². The van der Waals surface area contributed by atoms with Gasteiger partial charge in [-0.05, 0) is 18.3 Å². The minimum Gasteiger partial charge on any atom is -0.355 e. The topological polar surface area (TPSA) is 135 Å². The fourth-order valence-corrected chi connectivity index (χ4v) is 4.55. The second-order valence-corrected chi connectivity index (χ2v) is 7.47. The molecule has 11 heteroatoms. The smallest absolute Gasteiger partial charge is 0.306 e. The molecule has 1 aromatic heterocycles. The Labute approximate surface area is 167 Å². The predicted molar refractivity (Wildman–Crippen MR) is 103 cm³/mol. The van der Waals surface area contributed by atoms with Crippen LogP contribution in [0.25, 0.3) is 0 Å². The Balaban J connectivity index is 1.22. The van der Waals surface area contributed by atoms with Crippen LogP contribution in [0.4, 0.5) is 5.69 Å². The number of allylic oxidation sites excluding steroid dienone is 2. The summed E-state index contributed by atoms with van der Waals surface area (Å²) >= 11 is 0. The van der Waals surface area contributed by atoms with Crippen molar-refractivity contribution in [3.8, 4) is 0 Å². The van der Waals surface area contributed by atoms with Crippen molar-refractivity contribution in [2.75, 3.05) is 26.7 Å². The first-order chi connectivity index (χ1) is 14.0. The van der Waals surface area contributed by atoms with E-state index in [2.05, 4.69) is 32.9 Å². The van der Waals surface area contributed by atoms with E-state index in [0.717, 1.165) is 6.42 Å². The Morgan fingerprint density at radius 1 is 1.21 bits per heavy atom. The van der Waals surface area contributed by atoms with Crippen LogP contribution in [0.2, 0.25) is 0 Å². The maximum absolute atomic E-state index is 12.7. The summed E-state index contributed by atoms with van der Waals surface area (Å²) < 4.78 is 1.47. The van der Waals surface area contributed by atoms with Gasteiger partial charge in [0.25, 0.3) is 0 Å². The first kappa shape index (κ1) is 19.1. The molecular formula is C18H23N7O4. The summed E-state index contributed by atoms with van der Waals surface area (Å²) in [4.78, 5) is 41.0. The van der Waals surface area contributed by atoms with Gasteiger partial charge in [-0.25, -0.2) is 0 Å². The minimum atomic E-state index is -0.492. The van der Waals surface area contributed by atoms with E-state index >= 15 is 0 Å². The zero-order valence-corrected chi connectivity index (χ0v) is 16.0. The summed E-state index contributed by atoms with van der Waals surface area (Å²) in [5.74, 6) is 0.497. The average Bonchev–Trinajstić information content (AvgIpc) is 3.47. The molecule has 0 spiro atoms. The molecule has 3 aliphatic rings. The molecule has 1 saturated heterocycles. The molecule has 2 heterocycles. The van der Waals surface area contributed by atoms with E-state index < -0.39 is 4.92 Å². The number of amides is 2. The van der Waals surface area contributed by atoms with E-state index in [4.69, 9.17) is 0 Å². The maximum atomic E-state index is 12.7. The largest absolute Gasteiger partial charge is 0.355 e. The molecule has 1 aromatic rings. The van der Waals surface area contributed by atoms with Gasteiger partial charge in [0.15, 0.2) is 5.96 Å². The van der Waals surface area contributed by atoms with Gasteiger partial charge in [0.2, 0.25) is 11.8 Å². The highest BCUT2D eigenvalue weighted by molar-refractivity contribution is 6.06. The molecule has 4 unspecified atom stereocenters. The molecular weight excluding hydrogens is 378 g/mol. The summed E-state index contributed by atoms with van der Waals surface area (Å²) in [5, 5.41) is 20.8. The van der Waals surface area contributed by atoms with Crippen molar-refractivity contribution in [3.05, 3.63) is 34.7 Å². The van der Waals surface area contributed by atoms with Crippen molar-refractivity contribution in [3.63, 3.8) is 0 Å². The Morgan fingerprint density at radius 2 is 1.83 bits per heavy atom. The maximum Gasteiger partial charge on any atom is 0.306 e. The number of likely N-dealkylation sites (tertiary alicyclic amines) is 1. The molecule has 4 atom stereocenters. The third-order valence-corrected chi connectivity index (χ3v) is 5.88. The third-order valence-electron chi connectivity index (χ3n) is 5.88. The zero-order valence-electron chi connectivity index (χ0n) is 16.0. The quantitative estimate of drug-likeness (QED) is 0.161. The first-order valence-electron chi connectivity index (χ1n) is 9.64. The Kier molecular flexibility index (Phi) is 5.03. The number of nitro groups is 1. The lowest BCUT2D eigenvalue weighted by molar-refractivity contribution is -0.385. The number of hydrogen-bond acceptors (Lipinski definition) is 6. The molecule has 0 radical (unpaired) electrons. The highest BCUT2D eigenvalue weighted by Crippen LogP contribution is 2.52. The van der Waals surface area contributed by atoms with Crippen molar-refractivity contribution >= 4 is 23.5 Å². The highest BCUT2D eigenvalue weighted by Gasteiger charge is 2.58. The van der Waals surface area contributed by atoms with E-state index in [9.17, 15) is 19.7 Å². The molecule has 1 saturated carbocycles. The molecule has 29 heavy (non-hydrogen) atoms. The highest BCUT2D eigenvalue weighted by atomic mass is 16.6. The van der Waals surface area contributed by atoms with Crippen LogP contribution < -0.4 is 10.6 Å². The number of aromatic nitrogens is 2. The van der Waals surface area contributed by atoms with E-state index in [1.165, 1.54) is 22.0 Å². The van der Waals surface area contributed by atoms with Gasteiger partial charge in [-0.3, -0.25) is 34.3 Å². The van der Waals surface area contributed by atoms with Crippen molar-refractivity contribution < 1.29 is 14.5 Å². The van der Waals surface area contributed by atoms with Gasteiger partial charge in [-0.2, -0.15) is 5.10 Å². The van der Waals surface area contributed by atoms with Gasteiger partial charge in [0.1, 0.15) is 12.4 Å². The number of imide groups is 1. The second-order valence-electron chi connectivity index (χ2n) is 7.47. The standard InChI is InChI=1S/C18H23N7O4/c1-19-18(20-4-6-23-10-13(9-22-23)25(28)29)21-5-7-24-16(26)14-11-2-3-12(8-11)15(14)17(24)27/h2-3,9-12,14-15H,4-8H2,1H3,(H2,19,20,21). The fourth-order valence-electron chi connectivity index (χ4n) is 4.55. The Morgan fingerprint density at radius 3 is 2.38 bits per heavy atom. The molecule has 0 aromatic carbocycles. The number of rotatable bonds is 7. The van der Waals surface area contributed by atoms with E-state index in [-0.39, 0.29) is 41.2 Å². The fraction of sp³-hybridized carbons (Fsp3) is 0.556. The van der Waals surface area contributed by atoms with Crippen LogP contribution >= 0.6 is 0 Å². The molecule has 2 fully saturated rings. The van der Waals surface area contributed by atoms with Crippen LogP contribution in [-0.4, -0.2) is 64.1 Å². The molecule has 2 bridgehead atoms. The van der Waals surface area contributed by atoms with Crippen molar-refractivity contribution in [2.45, 2.75) is 13.0 Å². The summed E-state index contributed by atoms with van der Waals surface area (Å²) in [6, 6.07) is 0. The number of guanidine groups is 1. The van der Waals surface area contributed by atoms with Gasteiger partial charge in [0.05, 0.1) is 23.3 Å². The van der Waals surface area contributed by atoms with Gasteiger partial charge >= 0.3 is 5.69 Å². The van der Waals surface area contributed by atoms with Gasteiger partial charge in [-0.1, -0.05) is 12.2 Å². The SMILES string of the molecule is CN=C(NCCN1C(=O)C2C3C=CC(C3)C2C1=O)NCCn1cc([N+](=O)[O-])cn1. The summed E-state index contributed by atoms with van der Waals surface area (Å²) in [5.41, 5.74) is -0.0548. The van der Waals surface area contributed by atoms with Crippen molar-refractivity contribution in [1.82, 2.24) is 25.3 Å². The van der Waals surface area contributed by atoms with Crippen molar-refractivity contribution in [2.24, 2.45) is 28.7 Å². The van der Waals surface area contributed by atoms with Crippen LogP contribution in [0.15, 0.2) is 29.5 Å². The number of hydrogen-bond donors (Lipinski definition) is 2. The Bertz CT molecular complexity index is 863. The monoisotopic (exact) mass is 401 g/mol. The average molecular weight is 401 g/mol. The number of fused-ring (bicyclic) bond motifs is 5. The number of aliphatic imine (C=N–C) groups is 1. The van der Waals surface area contributed by atoms with Crippen LogP contribution in [0, 0.1) is 33.8 Å². The molecule has 2 N–H and O–H groups in total. The number of carbonyl (C=O) groups excluding carboxylic acids is 2. The predicted octanol–water partition coefficient (Wildman–Crippen LogP) is -0.237. The number of nitrogens with zero attached hydrogens (tertiary/aromatic N) is 5. The van der Waals surface area contributed by atoms with Crippen molar-refractivity contribution in [1.29, 1.82) is 0 Å². The first-order valence-corrected chi connectivity index (χ1v) is 9.64. The van der Waals surface area contributed by atoms with Gasteiger partial charge < -0.3 is 10.6 Å². The van der Waals surface area contributed by atoms with Crippen LogP contribution in [0.5, 0.6) is 0 Å². The zero-order chi connectivity index (χ0) is 20.5. The van der Waals surface area contributed by atoms with Crippen LogP contribution in [0.3, 0.4) is 0 Å². The molecule has 1 aliphatic heterocycles. The van der Waals surface area contributed by atoms with E-state index in [1.807, 2.05) is 0 Å². The summed E-state index contributed by atoms with van der Waals surface area (Å²) in [6.45, 7) is 1.58. The van der Waals surface area contributed by atoms with Gasteiger partial charge in [0, 0.05) is 26.7 Å². The second kappa shape index (κ2) is 7.64. The number of nitrogens with one attached hydrogen (secondary N) is 2. The molecule has 2 aliphatic carbocycles.